The highest BCUT2D eigenvalue weighted by Crippen LogP contribution is 2.60. The van der Waals surface area contributed by atoms with Gasteiger partial charge in [0.25, 0.3) is 0 Å². The van der Waals surface area contributed by atoms with Crippen molar-refractivity contribution in [3.63, 3.8) is 0 Å². The Morgan fingerprint density at radius 3 is 2.78 bits per heavy atom. The van der Waals surface area contributed by atoms with Crippen LogP contribution in [0, 0.1) is 23.7 Å². The minimum absolute atomic E-state index is 0.000159. The minimum Gasteiger partial charge on any atom is -0.504 e. The highest BCUT2D eigenvalue weighted by Gasteiger charge is 2.69. The van der Waals surface area contributed by atoms with Crippen LogP contribution in [0.5, 0.6) is 11.5 Å². The number of ether oxygens (including phenoxy) is 5. The molecule has 1 aromatic carbocycles. The molecule has 6 rings (SSSR count). The summed E-state index contributed by atoms with van der Waals surface area (Å²) in [5.41, 5.74) is 0.0722. The topological polar surface area (TPSA) is 102 Å². The highest BCUT2D eigenvalue weighted by molar-refractivity contribution is 5.87. The number of phenolic OH excluding ortho intramolecular Hbond substituents is 1. The van der Waals surface area contributed by atoms with Crippen molar-refractivity contribution >= 4 is 12.0 Å². The lowest BCUT2D eigenvalue weighted by Gasteiger charge is -2.60. The van der Waals surface area contributed by atoms with E-state index in [4.69, 9.17) is 28.7 Å². The van der Waals surface area contributed by atoms with Crippen molar-refractivity contribution in [3.8, 4) is 11.5 Å². The van der Waals surface area contributed by atoms with Crippen molar-refractivity contribution in [2.24, 2.45) is 23.7 Å². The third kappa shape index (κ3) is 5.00. The molecule has 1 aliphatic carbocycles. The summed E-state index contributed by atoms with van der Waals surface area (Å²) in [4.78, 5) is 23.3. The normalized spacial score (nSPS) is 38.7. The van der Waals surface area contributed by atoms with Gasteiger partial charge in [-0.3, -0.25) is 0 Å². The van der Waals surface area contributed by atoms with E-state index in [1.807, 2.05) is 6.92 Å². The van der Waals surface area contributed by atoms with Gasteiger partial charge in [0, 0.05) is 30.8 Å². The first-order valence-electron chi connectivity index (χ1n) is 13.3. The molecule has 9 heteroatoms. The van der Waals surface area contributed by atoms with E-state index in [2.05, 4.69) is 18.6 Å². The Morgan fingerprint density at radius 1 is 1.16 bits per heavy atom. The van der Waals surface area contributed by atoms with Gasteiger partial charge in [-0.2, -0.15) is 0 Å². The lowest BCUT2D eigenvalue weighted by molar-refractivity contribution is -0.577. The van der Waals surface area contributed by atoms with Crippen LogP contribution in [0.1, 0.15) is 58.4 Å². The fourth-order valence-corrected chi connectivity index (χ4v) is 6.50. The largest absolute Gasteiger partial charge is 0.504 e. The molecule has 0 aromatic heterocycles. The van der Waals surface area contributed by atoms with Crippen molar-refractivity contribution in [2.75, 3.05) is 20.3 Å². The number of esters is 1. The van der Waals surface area contributed by atoms with Crippen LogP contribution in [0.4, 0.5) is 0 Å². The van der Waals surface area contributed by atoms with Crippen molar-refractivity contribution < 1.29 is 43.4 Å². The highest BCUT2D eigenvalue weighted by atomic mass is 17.3. The predicted molar refractivity (Wildman–Crippen MR) is 132 cm³/mol. The summed E-state index contributed by atoms with van der Waals surface area (Å²) < 4.78 is 29.3. The summed E-state index contributed by atoms with van der Waals surface area (Å²) in [6.07, 6.45) is 6.50. The van der Waals surface area contributed by atoms with Gasteiger partial charge >= 0.3 is 5.97 Å². The molecule has 4 aliphatic heterocycles. The Morgan fingerprint density at radius 2 is 2.00 bits per heavy atom. The second-order valence-corrected chi connectivity index (χ2v) is 10.9. The Balaban J connectivity index is 1.15. The fraction of sp³-hybridized carbons (Fsp3) is 0.679. The number of carbonyl (C=O) groups excluding carboxylic acids is 1. The van der Waals surface area contributed by atoms with Gasteiger partial charge in [0.15, 0.2) is 29.7 Å². The van der Waals surface area contributed by atoms with Crippen LogP contribution in [-0.2, 0) is 33.5 Å². The van der Waals surface area contributed by atoms with Gasteiger partial charge < -0.3 is 28.8 Å². The van der Waals surface area contributed by atoms with E-state index in [1.54, 1.807) is 18.2 Å². The lowest BCUT2D eigenvalue weighted by atomic mass is 9.58. The SMILES string of the molecule is COC(=O)/C=C/c1ccc(OCCCO[C@H]2O[C@@H]3O[C@]4(C)CC[C@H]5[C@H](C)CC[C@@H]([C@H]2C)[C@@]35OO4)c(O)c1. The molecule has 37 heavy (non-hydrogen) atoms. The van der Waals surface area contributed by atoms with E-state index in [1.165, 1.54) is 19.3 Å². The number of hydrogen-bond acceptors (Lipinski definition) is 9. The molecule has 9 nitrogen and oxygen atoms in total. The summed E-state index contributed by atoms with van der Waals surface area (Å²) in [5, 5.41) is 10.3. The standard InChI is InChI=1S/C28H38O9/c1-17-6-9-21-18(2)25(34-26-28(21)20(17)12-13-27(3,35-26)36-37-28)33-15-5-14-32-23-10-7-19(16-22(23)29)8-11-24(30)31-4/h7-8,10-11,16-18,20-21,25-26,29H,5-6,9,12-15H2,1-4H3/b11-8+/t17-,18-,20+,21+,25+,26-,27+,28-/m1/s1. The average molecular weight is 519 g/mol. The average Bonchev–Trinajstić information content (AvgIpc) is 3.12. The lowest BCUT2D eigenvalue weighted by Crippen LogP contribution is -2.70. The summed E-state index contributed by atoms with van der Waals surface area (Å²) in [5.74, 6) is 0.297. The maximum Gasteiger partial charge on any atom is 0.330 e. The molecule has 204 valence electrons. The van der Waals surface area contributed by atoms with Gasteiger partial charge in [-0.15, -0.1) is 0 Å². The monoisotopic (exact) mass is 518 g/mol. The summed E-state index contributed by atoms with van der Waals surface area (Å²) >= 11 is 0. The number of benzene rings is 1. The predicted octanol–water partition coefficient (Wildman–Crippen LogP) is 4.57. The number of phenols is 1. The molecule has 0 radical (unpaired) electrons. The van der Waals surface area contributed by atoms with Crippen LogP contribution in [0.2, 0.25) is 0 Å². The van der Waals surface area contributed by atoms with Crippen molar-refractivity contribution in [3.05, 3.63) is 29.8 Å². The molecule has 0 unspecified atom stereocenters. The molecule has 1 N–H and O–H groups in total. The molecular formula is C28H38O9. The van der Waals surface area contributed by atoms with Crippen molar-refractivity contribution in [1.82, 2.24) is 0 Å². The molecule has 8 atom stereocenters. The van der Waals surface area contributed by atoms with Crippen LogP contribution < -0.4 is 4.74 Å². The third-order valence-electron chi connectivity index (χ3n) is 8.52. The Bertz CT molecular complexity index is 1010. The summed E-state index contributed by atoms with van der Waals surface area (Å²) in [6, 6.07) is 4.95. The first-order valence-corrected chi connectivity index (χ1v) is 13.3. The number of methoxy groups -OCH3 is 1. The second-order valence-electron chi connectivity index (χ2n) is 10.9. The number of rotatable bonds is 8. The number of carbonyl (C=O) groups is 1. The van der Waals surface area contributed by atoms with Gasteiger partial charge in [-0.1, -0.05) is 19.9 Å². The third-order valence-corrected chi connectivity index (χ3v) is 8.52. The van der Waals surface area contributed by atoms with Crippen molar-refractivity contribution in [2.45, 2.75) is 76.8 Å². The maximum atomic E-state index is 11.2. The number of fused-ring (bicyclic) bond motifs is 2. The van der Waals surface area contributed by atoms with Crippen LogP contribution in [-0.4, -0.2) is 55.4 Å². The van der Waals surface area contributed by atoms with Gasteiger partial charge in [0.2, 0.25) is 5.79 Å². The van der Waals surface area contributed by atoms with Gasteiger partial charge in [-0.25, -0.2) is 14.6 Å². The molecule has 1 aromatic rings. The molecular weight excluding hydrogens is 480 g/mol. The van der Waals surface area contributed by atoms with E-state index in [-0.39, 0.29) is 17.6 Å². The van der Waals surface area contributed by atoms with Crippen LogP contribution in [0.3, 0.4) is 0 Å². The first-order chi connectivity index (χ1) is 17.8. The summed E-state index contributed by atoms with van der Waals surface area (Å²) in [6.45, 7) is 7.20. The Labute approximate surface area is 217 Å². The van der Waals surface area contributed by atoms with Crippen molar-refractivity contribution in [1.29, 1.82) is 0 Å². The van der Waals surface area contributed by atoms with Crippen LogP contribution >= 0.6 is 0 Å². The quantitative estimate of drug-likeness (QED) is 0.229. The second kappa shape index (κ2) is 10.5. The van der Waals surface area contributed by atoms with E-state index < -0.39 is 29.9 Å². The minimum atomic E-state index is -0.802. The van der Waals surface area contributed by atoms with E-state index in [0.29, 0.717) is 42.8 Å². The zero-order chi connectivity index (χ0) is 26.2. The maximum absolute atomic E-state index is 11.2. The number of aromatic hydroxyl groups is 1. The Kier molecular flexibility index (Phi) is 7.53. The van der Waals surface area contributed by atoms with Gasteiger partial charge in [-0.05, 0) is 61.8 Å². The van der Waals surface area contributed by atoms with Crippen LogP contribution in [0.15, 0.2) is 24.3 Å². The van der Waals surface area contributed by atoms with E-state index in [0.717, 1.165) is 25.7 Å². The molecule has 1 spiro atoms. The molecule has 5 fully saturated rings. The molecule has 1 saturated carbocycles. The van der Waals surface area contributed by atoms with E-state index >= 15 is 0 Å². The molecule has 0 amide bonds. The zero-order valence-corrected chi connectivity index (χ0v) is 22.0. The van der Waals surface area contributed by atoms with Gasteiger partial charge in [0.05, 0.1) is 20.3 Å². The molecule has 4 heterocycles. The fourth-order valence-electron chi connectivity index (χ4n) is 6.50. The smallest absolute Gasteiger partial charge is 0.330 e. The zero-order valence-electron chi connectivity index (χ0n) is 22.0. The number of hydrogen-bond donors (Lipinski definition) is 1. The molecule has 4 saturated heterocycles. The van der Waals surface area contributed by atoms with Crippen LogP contribution in [0.25, 0.3) is 6.08 Å². The summed E-state index contributed by atoms with van der Waals surface area (Å²) in [7, 11) is 1.31. The molecule has 2 bridgehead atoms. The molecule has 5 aliphatic rings. The first kappa shape index (κ1) is 26.4. The van der Waals surface area contributed by atoms with Gasteiger partial charge in [0.1, 0.15) is 0 Å². The Hall–Kier alpha value is -2.17. The van der Waals surface area contributed by atoms with E-state index in [9.17, 15) is 9.90 Å².